The van der Waals surface area contributed by atoms with E-state index in [0.717, 1.165) is 5.56 Å². The molecule has 0 unspecified atom stereocenters. The zero-order valence-electron chi connectivity index (χ0n) is 13.8. The molecule has 25 heavy (non-hydrogen) atoms. The lowest BCUT2D eigenvalue weighted by Crippen LogP contribution is -2.30. The van der Waals surface area contributed by atoms with Crippen molar-refractivity contribution in [2.24, 2.45) is 0 Å². The number of carbonyl (C=O) groups is 3. The third-order valence-corrected chi connectivity index (χ3v) is 4.73. The highest BCUT2D eigenvalue weighted by Crippen LogP contribution is 2.32. The van der Waals surface area contributed by atoms with E-state index in [0.29, 0.717) is 21.4 Å². The van der Waals surface area contributed by atoms with E-state index in [4.69, 9.17) is 17.0 Å². The van der Waals surface area contributed by atoms with Gasteiger partial charge in [-0.1, -0.05) is 36.1 Å². The maximum Gasteiger partial charge on any atom is 0.337 e. The molecule has 0 aromatic heterocycles. The quantitative estimate of drug-likeness (QED) is 0.427. The lowest BCUT2D eigenvalue weighted by molar-refractivity contribution is -0.143. The second-order valence-corrected chi connectivity index (χ2v) is 6.68. The Bertz CT molecular complexity index is 727. The molecule has 8 heteroatoms. The van der Waals surface area contributed by atoms with Crippen LogP contribution in [-0.2, 0) is 19.1 Å². The number of methoxy groups -OCH3 is 1. The second-order valence-electron chi connectivity index (χ2n) is 5.00. The smallest absolute Gasteiger partial charge is 0.337 e. The Labute approximate surface area is 155 Å². The minimum Gasteiger partial charge on any atom is -0.466 e. The fourth-order valence-electron chi connectivity index (χ4n) is 2.11. The maximum absolute atomic E-state index is 12.4. The lowest BCUT2D eigenvalue weighted by Gasteiger charge is -2.13. The number of ether oxygens (including phenoxy) is 2. The average Bonchev–Trinajstić information content (AvgIpc) is 2.86. The van der Waals surface area contributed by atoms with Gasteiger partial charge < -0.3 is 9.47 Å². The summed E-state index contributed by atoms with van der Waals surface area (Å²) in [4.78, 5) is 37.2. The van der Waals surface area contributed by atoms with E-state index in [-0.39, 0.29) is 24.8 Å². The van der Waals surface area contributed by atoms with Crippen LogP contribution in [0.25, 0.3) is 6.08 Å². The van der Waals surface area contributed by atoms with Gasteiger partial charge in [0.2, 0.25) is 0 Å². The van der Waals surface area contributed by atoms with Crippen LogP contribution in [0.5, 0.6) is 0 Å². The summed E-state index contributed by atoms with van der Waals surface area (Å²) in [6.07, 6.45) is 1.80. The SMILES string of the molecule is CCOC(=O)CCN1C(=O)/C(=C/c2ccc(C(=O)OC)cc2)SC1=S. The summed E-state index contributed by atoms with van der Waals surface area (Å²) >= 11 is 6.39. The highest BCUT2D eigenvalue weighted by atomic mass is 32.2. The first kappa shape index (κ1) is 19.1. The number of nitrogens with zero attached hydrogens (tertiary/aromatic N) is 1. The standard InChI is InChI=1S/C17H17NO5S2/c1-3-23-14(19)8-9-18-15(20)13(25-17(18)24)10-11-4-6-12(7-5-11)16(21)22-2/h4-7,10H,3,8-9H2,1-2H3/b13-10-. The van der Waals surface area contributed by atoms with E-state index in [1.807, 2.05) is 0 Å². The molecule has 0 saturated carbocycles. The number of esters is 2. The summed E-state index contributed by atoms with van der Waals surface area (Å²) in [7, 11) is 1.32. The van der Waals surface area contributed by atoms with E-state index in [1.54, 1.807) is 37.3 Å². The minimum atomic E-state index is -0.420. The molecule has 2 rings (SSSR count). The number of thioether (sulfide) groups is 1. The van der Waals surface area contributed by atoms with Crippen LogP contribution in [0.2, 0.25) is 0 Å². The Hall–Kier alpha value is -2.19. The van der Waals surface area contributed by atoms with Gasteiger partial charge in [0.1, 0.15) is 4.32 Å². The van der Waals surface area contributed by atoms with E-state index < -0.39 is 5.97 Å². The normalized spacial score (nSPS) is 15.6. The summed E-state index contributed by atoms with van der Waals surface area (Å²) in [5.74, 6) is -1.02. The molecule has 1 aliphatic rings. The predicted octanol–water partition coefficient (Wildman–Crippen LogP) is 2.63. The fourth-order valence-corrected chi connectivity index (χ4v) is 3.42. The predicted molar refractivity (Wildman–Crippen MR) is 98.9 cm³/mol. The van der Waals surface area contributed by atoms with Crippen molar-refractivity contribution in [3.8, 4) is 0 Å². The highest BCUT2D eigenvalue weighted by Gasteiger charge is 2.32. The number of amides is 1. The number of carbonyl (C=O) groups excluding carboxylic acids is 3. The average molecular weight is 379 g/mol. The molecule has 0 atom stereocenters. The molecule has 0 bridgehead atoms. The molecule has 0 N–H and O–H groups in total. The summed E-state index contributed by atoms with van der Waals surface area (Å²) in [5, 5.41) is 0. The van der Waals surface area contributed by atoms with Crippen LogP contribution in [0.4, 0.5) is 0 Å². The van der Waals surface area contributed by atoms with Gasteiger partial charge >= 0.3 is 11.9 Å². The van der Waals surface area contributed by atoms with Crippen molar-refractivity contribution in [1.82, 2.24) is 4.90 Å². The van der Waals surface area contributed by atoms with Gasteiger partial charge in [0.25, 0.3) is 5.91 Å². The largest absolute Gasteiger partial charge is 0.466 e. The minimum absolute atomic E-state index is 0.0986. The fraction of sp³-hybridized carbons (Fsp3) is 0.294. The van der Waals surface area contributed by atoms with Crippen LogP contribution in [0.3, 0.4) is 0 Å². The van der Waals surface area contributed by atoms with E-state index >= 15 is 0 Å². The summed E-state index contributed by atoms with van der Waals surface area (Å²) < 4.78 is 9.91. The van der Waals surface area contributed by atoms with Crippen molar-refractivity contribution in [1.29, 1.82) is 0 Å². The lowest BCUT2D eigenvalue weighted by atomic mass is 10.1. The Kier molecular flexibility index (Phi) is 6.72. The monoisotopic (exact) mass is 379 g/mol. The number of rotatable bonds is 6. The Morgan fingerprint density at radius 2 is 1.96 bits per heavy atom. The molecule has 0 spiro atoms. The molecule has 6 nitrogen and oxygen atoms in total. The van der Waals surface area contributed by atoms with Gasteiger partial charge in [-0.2, -0.15) is 0 Å². The summed E-state index contributed by atoms with van der Waals surface area (Å²) in [6.45, 7) is 2.23. The van der Waals surface area contributed by atoms with Crippen molar-refractivity contribution < 1.29 is 23.9 Å². The number of thiocarbonyl (C=S) groups is 1. The topological polar surface area (TPSA) is 72.9 Å². The van der Waals surface area contributed by atoms with Gasteiger partial charge in [-0.25, -0.2) is 4.79 Å². The van der Waals surface area contributed by atoms with Crippen LogP contribution in [0, 0.1) is 0 Å². The van der Waals surface area contributed by atoms with Crippen LogP contribution in [-0.4, -0.2) is 47.3 Å². The van der Waals surface area contributed by atoms with Crippen LogP contribution in [0.1, 0.15) is 29.3 Å². The van der Waals surface area contributed by atoms with E-state index in [2.05, 4.69) is 4.74 Å². The Morgan fingerprint density at radius 1 is 1.28 bits per heavy atom. The molecule has 0 aliphatic carbocycles. The van der Waals surface area contributed by atoms with Crippen LogP contribution < -0.4 is 0 Å². The van der Waals surface area contributed by atoms with Crippen molar-refractivity contribution in [2.45, 2.75) is 13.3 Å². The second kappa shape index (κ2) is 8.77. The Balaban J connectivity index is 2.06. The zero-order valence-corrected chi connectivity index (χ0v) is 15.4. The molecule has 132 valence electrons. The molecule has 1 heterocycles. The Morgan fingerprint density at radius 3 is 2.56 bits per heavy atom. The molecule has 0 radical (unpaired) electrons. The van der Waals surface area contributed by atoms with E-state index in [1.165, 1.54) is 23.8 Å². The molecule has 1 aromatic carbocycles. The molecular formula is C17H17NO5S2. The van der Waals surface area contributed by atoms with Crippen molar-refractivity contribution in [3.63, 3.8) is 0 Å². The van der Waals surface area contributed by atoms with Crippen LogP contribution >= 0.6 is 24.0 Å². The van der Waals surface area contributed by atoms with Gasteiger partial charge in [0.05, 0.1) is 30.6 Å². The van der Waals surface area contributed by atoms with Gasteiger partial charge in [0.15, 0.2) is 0 Å². The van der Waals surface area contributed by atoms with Gasteiger partial charge in [0, 0.05) is 6.54 Å². The number of hydrogen-bond acceptors (Lipinski definition) is 7. The van der Waals surface area contributed by atoms with Crippen molar-refractivity contribution >= 4 is 52.2 Å². The zero-order chi connectivity index (χ0) is 18.4. The third kappa shape index (κ3) is 4.90. The van der Waals surface area contributed by atoms with Gasteiger partial charge in [-0.15, -0.1) is 0 Å². The third-order valence-electron chi connectivity index (χ3n) is 3.35. The molecular weight excluding hydrogens is 362 g/mol. The number of hydrogen-bond donors (Lipinski definition) is 0. The van der Waals surface area contributed by atoms with Gasteiger partial charge in [-0.3, -0.25) is 14.5 Å². The maximum atomic E-state index is 12.4. The summed E-state index contributed by atoms with van der Waals surface area (Å²) in [6, 6.07) is 6.69. The first-order chi connectivity index (χ1) is 12.0. The molecule has 1 fully saturated rings. The van der Waals surface area contributed by atoms with Crippen molar-refractivity contribution in [3.05, 3.63) is 40.3 Å². The number of benzene rings is 1. The molecule has 1 aromatic rings. The molecule has 1 saturated heterocycles. The van der Waals surface area contributed by atoms with Crippen molar-refractivity contribution in [2.75, 3.05) is 20.3 Å². The van der Waals surface area contributed by atoms with Crippen LogP contribution in [0.15, 0.2) is 29.2 Å². The molecule has 1 aliphatic heterocycles. The highest BCUT2D eigenvalue weighted by molar-refractivity contribution is 8.26. The first-order valence-electron chi connectivity index (χ1n) is 7.55. The van der Waals surface area contributed by atoms with Gasteiger partial charge in [-0.05, 0) is 30.7 Å². The first-order valence-corrected chi connectivity index (χ1v) is 8.78. The molecule has 1 amide bonds. The van der Waals surface area contributed by atoms with E-state index in [9.17, 15) is 14.4 Å². The summed E-state index contributed by atoms with van der Waals surface area (Å²) in [5.41, 5.74) is 1.19.